The maximum atomic E-state index is 11.9. The van der Waals surface area contributed by atoms with Crippen LogP contribution in [-0.4, -0.2) is 5.97 Å². The second-order valence-corrected chi connectivity index (χ2v) is 4.42. The molecule has 0 spiro atoms. The first-order chi connectivity index (χ1) is 9.11. The van der Waals surface area contributed by atoms with Crippen molar-refractivity contribution in [3.05, 3.63) is 63.6 Å². The summed E-state index contributed by atoms with van der Waals surface area (Å²) in [5.41, 5.74) is 0.654. The molecule has 0 bridgehead atoms. The number of nitriles is 1. The number of hydrogen-bond acceptors (Lipinski definition) is 3. The summed E-state index contributed by atoms with van der Waals surface area (Å²) in [6.45, 7) is 0. The van der Waals surface area contributed by atoms with E-state index in [0.29, 0.717) is 10.6 Å². The summed E-state index contributed by atoms with van der Waals surface area (Å²) in [6, 6.07) is 12.9. The van der Waals surface area contributed by atoms with Crippen LogP contribution >= 0.6 is 23.2 Å². The van der Waals surface area contributed by atoms with Crippen molar-refractivity contribution in [1.82, 2.24) is 0 Å². The van der Waals surface area contributed by atoms with Crippen LogP contribution in [0.5, 0.6) is 5.75 Å². The number of esters is 1. The molecule has 0 saturated heterocycles. The van der Waals surface area contributed by atoms with E-state index in [2.05, 4.69) is 0 Å². The van der Waals surface area contributed by atoms with Gasteiger partial charge in [-0.2, -0.15) is 5.26 Å². The standard InChI is InChI=1S/C14H7Cl2NO2/c15-11-5-2-6-12(13(11)16)19-14(18)10-4-1-3-9(7-10)8-17/h1-7H. The maximum Gasteiger partial charge on any atom is 0.343 e. The van der Waals surface area contributed by atoms with E-state index >= 15 is 0 Å². The van der Waals surface area contributed by atoms with Gasteiger partial charge in [0.15, 0.2) is 5.75 Å². The van der Waals surface area contributed by atoms with Crippen LogP contribution in [0.4, 0.5) is 0 Å². The molecule has 0 aliphatic rings. The van der Waals surface area contributed by atoms with Crippen LogP contribution in [-0.2, 0) is 0 Å². The van der Waals surface area contributed by atoms with Gasteiger partial charge in [0, 0.05) is 0 Å². The lowest BCUT2D eigenvalue weighted by atomic mass is 10.1. The molecule has 0 aliphatic carbocycles. The van der Waals surface area contributed by atoms with Crippen molar-refractivity contribution in [3.63, 3.8) is 0 Å². The molecule has 3 nitrogen and oxygen atoms in total. The molecule has 0 unspecified atom stereocenters. The third-order valence-corrected chi connectivity index (χ3v) is 3.15. The number of ether oxygens (including phenoxy) is 1. The number of nitrogens with zero attached hydrogens (tertiary/aromatic N) is 1. The van der Waals surface area contributed by atoms with Crippen molar-refractivity contribution >= 4 is 29.2 Å². The van der Waals surface area contributed by atoms with Crippen LogP contribution in [0.2, 0.25) is 10.0 Å². The zero-order valence-corrected chi connectivity index (χ0v) is 11.1. The van der Waals surface area contributed by atoms with E-state index in [-0.39, 0.29) is 16.3 Å². The van der Waals surface area contributed by atoms with Gasteiger partial charge in [0.2, 0.25) is 0 Å². The molecule has 0 N–H and O–H groups in total. The summed E-state index contributed by atoms with van der Waals surface area (Å²) >= 11 is 11.7. The fourth-order valence-corrected chi connectivity index (χ4v) is 1.77. The van der Waals surface area contributed by atoms with Crippen LogP contribution < -0.4 is 4.74 Å². The van der Waals surface area contributed by atoms with E-state index in [1.54, 1.807) is 36.4 Å². The summed E-state index contributed by atoms with van der Waals surface area (Å²) in [5, 5.41) is 9.25. The summed E-state index contributed by atoms with van der Waals surface area (Å²) in [7, 11) is 0. The molecule has 0 aliphatic heterocycles. The topological polar surface area (TPSA) is 50.1 Å². The van der Waals surface area contributed by atoms with Gasteiger partial charge in [0.05, 0.1) is 22.2 Å². The Morgan fingerprint density at radius 1 is 1.16 bits per heavy atom. The highest BCUT2D eigenvalue weighted by atomic mass is 35.5. The van der Waals surface area contributed by atoms with Crippen molar-refractivity contribution in [2.45, 2.75) is 0 Å². The van der Waals surface area contributed by atoms with Crippen LogP contribution in [0.1, 0.15) is 15.9 Å². The molecule has 0 amide bonds. The molecular formula is C14H7Cl2NO2. The van der Waals surface area contributed by atoms with Crippen molar-refractivity contribution in [1.29, 1.82) is 5.26 Å². The van der Waals surface area contributed by atoms with E-state index in [1.165, 1.54) is 6.07 Å². The molecule has 0 radical (unpaired) electrons. The van der Waals surface area contributed by atoms with Gasteiger partial charge in [-0.1, -0.05) is 35.3 Å². The SMILES string of the molecule is N#Cc1cccc(C(=O)Oc2cccc(Cl)c2Cl)c1. The lowest BCUT2D eigenvalue weighted by Gasteiger charge is -2.07. The second kappa shape index (κ2) is 5.75. The molecule has 0 fully saturated rings. The fraction of sp³-hybridized carbons (Fsp3) is 0. The van der Waals surface area contributed by atoms with Gasteiger partial charge in [0.1, 0.15) is 5.02 Å². The Kier molecular flexibility index (Phi) is 4.06. The molecule has 94 valence electrons. The van der Waals surface area contributed by atoms with Gasteiger partial charge in [-0.3, -0.25) is 0 Å². The number of carbonyl (C=O) groups is 1. The first-order valence-electron chi connectivity index (χ1n) is 5.28. The normalized spacial score (nSPS) is 9.74. The third kappa shape index (κ3) is 3.05. The third-order valence-electron chi connectivity index (χ3n) is 2.35. The van der Waals surface area contributed by atoms with Crippen LogP contribution in [0.25, 0.3) is 0 Å². The summed E-state index contributed by atoms with van der Waals surface area (Å²) in [4.78, 5) is 11.9. The highest BCUT2D eigenvalue weighted by molar-refractivity contribution is 6.43. The summed E-state index contributed by atoms with van der Waals surface area (Å²) in [6.07, 6.45) is 0. The quantitative estimate of drug-likeness (QED) is 0.619. The Morgan fingerprint density at radius 3 is 2.63 bits per heavy atom. The van der Waals surface area contributed by atoms with Crippen molar-refractivity contribution in [2.24, 2.45) is 0 Å². The predicted molar refractivity (Wildman–Crippen MR) is 72.6 cm³/mol. The van der Waals surface area contributed by atoms with Crippen LogP contribution in [0.15, 0.2) is 42.5 Å². The van der Waals surface area contributed by atoms with Gasteiger partial charge in [-0.25, -0.2) is 4.79 Å². The van der Waals surface area contributed by atoms with Crippen molar-refractivity contribution in [3.8, 4) is 11.8 Å². The van der Waals surface area contributed by atoms with Gasteiger partial charge in [-0.15, -0.1) is 0 Å². The first-order valence-corrected chi connectivity index (χ1v) is 6.04. The number of halogens is 2. The van der Waals surface area contributed by atoms with Gasteiger partial charge in [0.25, 0.3) is 0 Å². The molecule has 2 rings (SSSR count). The zero-order chi connectivity index (χ0) is 13.8. The Labute approximate surface area is 119 Å². The highest BCUT2D eigenvalue weighted by Crippen LogP contribution is 2.31. The maximum absolute atomic E-state index is 11.9. The molecule has 5 heteroatoms. The molecule has 0 heterocycles. The summed E-state index contributed by atoms with van der Waals surface area (Å²) < 4.78 is 5.15. The molecule has 19 heavy (non-hydrogen) atoms. The summed E-state index contributed by atoms with van der Waals surface area (Å²) in [5.74, 6) is -0.414. The Balaban J connectivity index is 2.26. The smallest absolute Gasteiger partial charge is 0.343 e. The first kappa shape index (κ1) is 13.4. The molecule has 0 saturated carbocycles. The Hall–Kier alpha value is -2.02. The molecule has 0 aromatic heterocycles. The van der Waals surface area contributed by atoms with E-state index in [9.17, 15) is 4.79 Å². The minimum atomic E-state index is -0.596. The highest BCUT2D eigenvalue weighted by Gasteiger charge is 2.13. The minimum Gasteiger partial charge on any atom is -0.421 e. The molecule has 2 aromatic carbocycles. The number of hydrogen-bond donors (Lipinski definition) is 0. The second-order valence-electron chi connectivity index (χ2n) is 3.63. The zero-order valence-electron chi connectivity index (χ0n) is 9.56. The molecule has 2 aromatic rings. The van der Waals surface area contributed by atoms with Gasteiger partial charge in [-0.05, 0) is 30.3 Å². The van der Waals surface area contributed by atoms with E-state index in [1.807, 2.05) is 6.07 Å². The van der Waals surface area contributed by atoms with Gasteiger partial charge < -0.3 is 4.74 Å². The minimum absolute atomic E-state index is 0.175. The number of benzene rings is 2. The van der Waals surface area contributed by atoms with Gasteiger partial charge >= 0.3 is 5.97 Å². The number of carbonyl (C=O) groups excluding carboxylic acids is 1. The lowest BCUT2D eigenvalue weighted by Crippen LogP contribution is -2.08. The van der Waals surface area contributed by atoms with E-state index < -0.39 is 5.97 Å². The van der Waals surface area contributed by atoms with E-state index in [4.69, 9.17) is 33.2 Å². The van der Waals surface area contributed by atoms with Crippen molar-refractivity contribution in [2.75, 3.05) is 0 Å². The fourth-order valence-electron chi connectivity index (χ4n) is 1.44. The van der Waals surface area contributed by atoms with E-state index in [0.717, 1.165) is 0 Å². The predicted octanol–water partition coefficient (Wildman–Crippen LogP) is 4.08. The Morgan fingerprint density at radius 2 is 1.89 bits per heavy atom. The largest absolute Gasteiger partial charge is 0.421 e. The monoisotopic (exact) mass is 291 g/mol. The Bertz CT molecular complexity index is 677. The van der Waals surface area contributed by atoms with Crippen LogP contribution in [0.3, 0.4) is 0 Å². The van der Waals surface area contributed by atoms with Crippen LogP contribution in [0, 0.1) is 11.3 Å². The lowest BCUT2D eigenvalue weighted by molar-refractivity contribution is 0.0735. The average Bonchev–Trinajstić information content (AvgIpc) is 2.44. The number of rotatable bonds is 2. The van der Waals surface area contributed by atoms with Crippen molar-refractivity contribution < 1.29 is 9.53 Å². The molecular weight excluding hydrogens is 285 g/mol. The molecule has 0 atom stereocenters. The average molecular weight is 292 g/mol.